The maximum atomic E-state index is 10.9. The van der Waals surface area contributed by atoms with Gasteiger partial charge in [-0.1, -0.05) is 13.8 Å². The number of rotatable bonds is 3. The minimum Gasteiger partial charge on any atom is -0.457 e. The number of nitrogens with zero attached hydrogens (tertiary/aromatic N) is 1. The van der Waals surface area contributed by atoms with Crippen LogP contribution < -0.4 is 0 Å². The summed E-state index contributed by atoms with van der Waals surface area (Å²) in [7, 11) is 0. The number of hydrogen-bond donors (Lipinski definition) is 0. The van der Waals surface area contributed by atoms with Crippen molar-refractivity contribution in [2.45, 2.75) is 26.9 Å². The fraction of sp³-hybridized carbons (Fsp3) is 0.455. The van der Waals surface area contributed by atoms with Crippen molar-refractivity contribution < 1.29 is 9.53 Å². The average Bonchev–Trinajstić information content (AvgIpc) is 2.15. The molecule has 0 aliphatic rings. The van der Waals surface area contributed by atoms with Crippen LogP contribution in [0.4, 0.5) is 0 Å². The second kappa shape index (κ2) is 4.74. The summed E-state index contributed by atoms with van der Waals surface area (Å²) in [5, 5.41) is 0. The zero-order valence-electron chi connectivity index (χ0n) is 8.73. The molecule has 14 heavy (non-hydrogen) atoms. The van der Waals surface area contributed by atoms with E-state index in [1.807, 2.05) is 26.0 Å². The normalized spacial score (nSPS) is 12.6. The van der Waals surface area contributed by atoms with E-state index in [0.29, 0.717) is 0 Å². The SMILES string of the molecule is CC(=O)OC(c1ccncc1)C(C)C. The molecule has 0 amide bonds. The molecule has 0 radical (unpaired) electrons. The van der Waals surface area contributed by atoms with Crippen LogP contribution in [0.1, 0.15) is 32.4 Å². The molecular formula is C11H15NO2. The first-order valence-electron chi connectivity index (χ1n) is 4.68. The largest absolute Gasteiger partial charge is 0.457 e. The second-order valence-electron chi connectivity index (χ2n) is 3.55. The van der Waals surface area contributed by atoms with Gasteiger partial charge >= 0.3 is 5.97 Å². The molecule has 1 aromatic heterocycles. The lowest BCUT2D eigenvalue weighted by Crippen LogP contribution is -2.14. The van der Waals surface area contributed by atoms with Gasteiger partial charge in [0.25, 0.3) is 0 Å². The Kier molecular flexibility index (Phi) is 3.63. The van der Waals surface area contributed by atoms with E-state index >= 15 is 0 Å². The number of esters is 1. The molecule has 3 heteroatoms. The molecule has 0 saturated carbocycles. The summed E-state index contributed by atoms with van der Waals surface area (Å²) in [6.07, 6.45) is 3.23. The van der Waals surface area contributed by atoms with Crippen LogP contribution in [0.5, 0.6) is 0 Å². The van der Waals surface area contributed by atoms with Crippen LogP contribution >= 0.6 is 0 Å². The number of aromatic nitrogens is 1. The number of ether oxygens (including phenoxy) is 1. The Morgan fingerprint density at radius 3 is 2.36 bits per heavy atom. The predicted octanol–water partition coefficient (Wildman–Crippen LogP) is 2.34. The van der Waals surface area contributed by atoms with Crippen LogP contribution in [0.15, 0.2) is 24.5 Å². The fourth-order valence-electron chi connectivity index (χ4n) is 1.32. The first-order valence-corrected chi connectivity index (χ1v) is 4.68. The molecule has 1 rings (SSSR count). The highest BCUT2D eigenvalue weighted by Crippen LogP contribution is 2.24. The van der Waals surface area contributed by atoms with Gasteiger partial charge in [-0.05, 0) is 23.6 Å². The molecule has 0 spiro atoms. The summed E-state index contributed by atoms with van der Waals surface area (Å²) in [5.74, 6) is 0.0156. The van der Waals surface area contributed by atoms with E-state index in [2.05, 4.69) is 4.98 Å². The van der Waals surface area contributed by atoms with Gasteiger partial charge in [-0.2, -0.15) is 0 Å². The smallest absolute Gasteiger partial charge is 0.303 e. The minimum atomic E-state index is -0.250. The molecule has 1 unspecified atom stereocenters. The van der Waals surface area contributed by atoms with E-state index < -0.39 is 0 Å². The standard InChI is InChI=1S/C11H15NO2/c1-8(2)11(14-9(3)13)10-4-6-12-7-5-10/h4-8,11H,1-3H3. The van der Waals surface area contributed by atoms with E-state index in [0.717, 1.165) is 5.56 Å². The topological polar surface area (TPSA) is 39.2 Å². The Hall–Kier alpha value is -1.38. The van der Waals surface area contributed by atoms with Gasteiger partial charge in [-0.3, -0.25) is 9.78 Å². The van der Waals surface area contributed by atoms with E-state index in [-0.39, 0.29) is 18.0 Å². The molecule has 1 atom stereocenters. The molecule has 0 saturated heterocycles. The molecule has 0 N–H and O–H groups in total. The summed E-state index contributed by atoms with van der Waals surface area (Å²) in [4.78, 5) is 14.8. The van der Waals surface area contributed by atoms with Crippen molar-refractivity contribution in [3.63, 3.8) is 0 Å². The Morgan fingerprint density at radius 2 is 1.93 bits per heavy atom. The zero-order chi connectivity index (χ0) is 10.6. The van der Waals surface area contributed by atoms with Gasteiger partial charge < -0.3 is 4.74 Å². The third-order valence-corrected chi connectivity index (χ3v) is 1.93. The molecule has 76 valence electrons. The van der Waals surface area contributed by atoms with Gasteiger partial charge in [0, 0.05) is 19.3 Å². The maximum Gasteiger partial charge on any atom is 0.303 e. The van der Waals surface area contributed by atoms with Gasteiger partial charge in [-0.25, -0.2) is 0 Å². The molecular weight excluding hydrogens is 178 g/mol. The third kappa shape index (κ3) is 2.83. The zero-order valence-corrected chi connectivity index (χ0v) is 8.73. The van der Waals surface area contributed by atoms with Gasteiger partial charge in [0.15, 0.2) is 0 Å². The Balaban J connectivity index is 2.83. The molecule has 1 aromatic rings. The van der Waals surface area contributed by atoms with Crippen molar-refractivity contribution in [2.24, 2.45) is 5.92 Å². The van der Waals surface area contributed by atoms with Crippen LogP contribution in [-0.2, 0) is 9.53 Å². The average molecular weight is 193 g/mol. The molecule has 0 aliphatic heterocycles. The highest BCUT2D eigenvalue weighted by molar-refractivity contribution is 5.66. The van der Waals surface area contributed by atoms with Crippen molar-refractivity contribution in [1.29, 1.82) is 0 Å². The van der Waals surface area contributed by atoms with Crippen molar-refractivity contribution in [3.05, 3.63) is 30.1 Å². The predicted molar refractivity (Wildman–Crippen MR) is 53.6 cm³/mol. The van der Waals surface area contributed by atoms with Crippen molar-refractivity contribution in [2.75, 3.05) is 0 Å². The molecule has 0 bridgehead atoms. The Labute approximate surface area is 84.1 Å². The Morgan fingerprint density at radius 1 is 1.36 bits per heavy atom. The first-order chi connectivity index (χ1) is 6.61. The quantitative estimate of drug-likeness (QED) is 0.692. The van der Waals surface area contributed by atoms with E-state index in [1.165, 1.54) is 6.92 Å². The van der Waals surface area contributed by atoms with E-state index in [4.69, 9.17) is 4.74 Å². The monoisotopic (exact) mass is 193 g/mol. The van der Waals surface area contributed by atoms with Gasteiger partial charge in [-0.15, -0.1) is 0 Å². The fourth-order valence-corrected chi connectivity index (χ4v) is 1.32. The van der Waals surface area contributed by atoms with Crippen molar-refractivity contribution in [1.82, 2.24) is 4.98 Å². The number of carbonyl (C=O) groups excluding carboxylic acids is 1. The molecule has 1 heterocycles. The van der Waals surface area contributed by atoms with E-state index in [9.17, 15) is 4.79 Å². The van der Waals surface area contributed by atoms with Crippen molar-refractivity contribution in [3.8, 4) is 0 Å². The molecule has 0 fully saturated rings. The van der Waals surface area contributed by atoms with Crippen molar-refractivity contribution >= 4 is 5.97 Å². The number of pyridine rings is 1. The second-order valence-corrected chi connectivity index (χ2v) is 3.55. The lowest BCUT2D eigenvalue weighted by atomic mass is 10.00. The summed E-state index contributed by atoms with van der Waals surface area (Å²) >= 11 is 0. The van der Waals surface area contributed by atoms with Crippen LogP contribution in [0.3, 0.4) is 0 Å². The van der Waals surface area contributed by atoms with Gasteiger partial charge in [0.2, 0.25) is 0 Å². The first kappa shape index (κ1) is 10.7. The maximum absolute atomic E-state index is 10.9. The van der Waals surface area contributed by atoms with Crippen LogP contribution in [0.2, 0.25) is 0 Å². The molecule has 0 aromatic carbocycles. The Bertz CT molecular complexity index is 295. The van der Waals surface area contributed by atoms with E-state index in [1.54, 1.807) is 12.4 Å². The highest BCUT2D eigenvalue weighted by atomic mass is 16.5. The lowest BCUT2D eigenvalue weighted by Gasteiger charge is -2.20. The number of hydrogen-bond acceptors (Lipinski definition) is 3. The third-order valence-electron chi connectivity index (χ3n) is 1.93. The summed E-state index contributed by atoms with van der Waals surface area (Å²) in [6, 6.07) is 3.74. The van der Waals surface area contributed by atoms with Crippen LogP contribution in [0, 0.1) is 5.92 Å². The lowest BCUT2D eigenvalue weighted by molar-refractivity contribution is -0.149. The van der Waals surface area contributed by atoms with Crippen LogP contribution in [0.25, 0.3) is 0 Å². The highest BCUT2D eigenvalue weighted by Gasteiger charge is 2.18. The van der Waals surface area contributed by atoms with Crippen LogP contribution in [-0.4, -0.2) is 11.0 Å². The minimum absolute atomic E-state index is 0.171. The van der Waals surface area contributed by atoms with Gasteiger partial charge in [0.05, 0.1) is 0 Å². The summed E-state index contributed by atoms with van der Waals surface area (Å²) in [5.41, 5.74) is 0.991. The summed E-state index contributed by atoms with van der Waals surface area (Å²) < 4.78 is 5.23. The molecule has 0 aliphatic carbocycles. The molecule has 3 nitrogen and oxygen atoms in total. The summed E-state index contributed by atoms with van der Waals surface area (Å²) in [6.45, 7) is 5.47. The van der Waals surface area contributed by atoms with Gasteiger partial charge in [0.1, 0.15) is 6.10 Å². The number of carbonyl (C=O) groups is 1.